The molecule has 133 heavy (non-hydrogen) atoms. The minimum atomic E-state index is -1.28. The molecule has 6 fully saturated rings. The third kappa shape index (κ3) is 20.7. The average Bonchev–Trinajstić information content (AvgIpc) is 1.58. The van der Waals surface area contributed by atoms with Gasteiger partial charge < -0.3 is 69.5 Å². The second-order valence-corrected chi connectivity index (χ2v) is 41.8. The molecule has 9 aromatic carbocycles. The van der Waals surface area contributed by atoms with Crippen LogP contribution in [0.1, 0.15) is 114 Å². The monoisotopic (exact) mass is 2010 g/mol. The Kier molecular flexibility index (Phi) is 30.0. The van der Waals surface area contributed by atoms with Crippen molar-refractivity contribution in [3.8, 4) is 0 Å². The molecule has 692 valence electrons. The molecule has 0 radical (unpaired) electrons. The lowest BCUT2D eigenvalue weighted by molar-refractivity contribution is -0.137. The number of thioether (sulfide) groups is 3. The Balaban J connectivity index is 0.000000145. The van der Waals surface area contributed by atoms with Crippen LogP contribution in [0.4, 0.5) is 14.0 Å². The first-order valence-corrected chi connectivity index (χ1v) is 49.5. The topological polar surface area (TPSA) is 243 Å². The number of aromatic amines is 3. The van der Waals surface area contributed by atoms with Gasteiger partial charge in [0.2, 0.25) is 35.4 Å². The molecule has 5 N–H and O–H groups in total. The maximum Gasteiger partial charge on any atom is 0.317 e. The Labute approximate surface area is 818 Å². The summed E-state index contributed by atoms with van der Waals surface area (Å²) < 4.78 is 17.6. The highest BCUT2D eigenvalue weighted by atomic mass is 79.9. The molecule has 32 heteroatoms. The van der Waals surface area contributed by atoms with E-state index >= 15 is 9.59 Å². The van der Waals surface area contributed by atoms with E-state index in [1.165, 1.54) is 47.4 Å². The predicted molar refractivity (Wildman–Crippen MR) is 531 cm³/mol. The minimum absolute atomic E-state index is 0.00241. The number of piperazine rings is 2. The number of nitrogens with zero attached hydrogens (tertiary/aromatic N) is 8. The molecule has 6 aliphatic rings. The van der Waals surface area contributed by atoms with Gasteiger partial charge in [0.25, 0.3) is 0 Å². The third-order valence-corrected chi connectivity index (χ3v) is 31.8. The number of rotatable bonds is 21. The second kappa shape index (κ2) is 41.6. The summed E-state index contributed by atoms with van der Waals surface area (Å²) in [6, 6.07) is 58.9. The normalized spacial score (nSPS) is 20.5. The summed E-state index contributed by atoms with van der Waals surface area (Å²) in [5.74, 6) is -1.23. The number of halogens is 7. The van der Waals surface area contributed by atoms with Crippen LogP contribution in [0.3, 0.4) is 0 Å². The smallest absolute Gasteiger partial charge is 0.317 e. The Morgan fingerprint density at radius 1 is 0.414 bits per heavy atom. The van der Waals surface area contributed by atoms with Gasteiger partial charge in [0.1, 0.15) is 20.1 Å². The first kappa shape index (κ1) is 96.0. The molecule has 10 amide bonds. The molecule has 6 atom stereocenters. The number of fused-ring (bicyclic) bond motifs is 3. The van der Waals surface area contributed by atoms with Crippen LogP contribution < -0.4 is 10.6 Å². The molecule has 9 heterocycles. The van der Waals surface area contributed by atoms with Crippen LogP contribution in [0, 0.1) is 26.6 Å². The van der Waals surface area contributed by atoms with Gasteiger partial charge >= 0.3 is 12.1 Å². The number of H-pyrrole nitrogens is 3. The van der Waals surface area contributed by atoms with Gasteiger partial charge in [-0.3, -0.25) is 28.8 Å². The number of carbonyl (C=O) groups excluding carboxylic acids is 8. The van der Waals surface area contributed by atoms with Gasteiger partial charge in [-0.15, -0.1) is 35.3 Å². The lowest BCUT2D eigenvalue weighted by Crippen LogP contribution is -2.58. The van der Waals surface area contributed by atoms with E-state index in [1.54, 1.807) is 38.8 Å². The number of aromatic nitrogens is 3. The molecule has 18 rings (SSSR count). The number of carbonyl (C=O) groups is 8. The molecule has 0 aliphatic carbocycles. The van der Waals surface area contributed by atoms with E-state index in [-0.39, 0.29) is 84.4 Å². The summed E-state index contributed by atoms with van der Waals surface area (Å²) in [7, 11) is 1.73. The van der Waals surface area contributed by atoms with E-state index in [4.69, 9.17) is 62.7 Å². The van der Waals surface area contributed by atoms with E-state index in [2.05, 4.69) is 65.8 Å². The van der Waals surface area contributed by atoms with Crippen molar-refractivity contribution in [2.75, 3.05) is 85.6 Å². The predicted octanol–water partition coefficient (Wildman–Crippen LogP) is 21.0. The van der Waals surface area contributed by atoms with Crippen LogP contribution in [0.25, 0.3) is 32.7 Å². The van der Waals surface area contributed by atoms with Crippen molar-refractivity contribution >= 4 is 189 Å². The van der Waals surface area contributed by atoms with Gasteiger partial charge in [-0.05, 0) is 173 Å². The van der Waals surface area contributed by atoms with Gasteiger partial charge in [0, 0.05) is 213 Å². The van der Waals surface area contributed by atoms with Crippen molar-refractivity contribution in [3.63, 3.8) is 0 Å². The van der Waals surface area contributed by atoms with Gasteiger partial charge in [0.15, 0.2) is 0 Å². The molecule has 0 bridgehead atoms. The molecular formula is C101H102BrCl5FN13O9S3. The van der Waals surface area contributed by atoms with Gasteiger partial charge in [-0.1, -0.05) is 176 Å². The zero-order valence-electron chi connectivity index (χ0n) is 74.3. The number of methoxy groups -OCH3 is 1. The summed E-state index contributed by atoms with van der Waals surface area (Å²) >= 11 is 39.1. The Hall–Kier alpha value is -10.2. The van der Waals surface area contributed by atoms with E-state index in [0.29, 0.717) is 117 Å². The Bertz CT molecular complexity index is 6320. The largest absolute Gasteiger partial charge is 0.381 e. The van der Waals surface area contributed by atoms with Crippen molar-refractivity contribution in [3.05, 3.63) is 298 Å². The Morgan fingerprint density at radius 2 is 0.722 bits per heavy atom. The summed E-state index contributed by atoms with van der Waals surface area (Å²) in [6.45, 7) is 15.9. The number of likely N-dealkylation sites (tertiary alicyclic amines) is 4. The maximum atomic E-state index is 15.0. The number of ether oxygens (including phenoxy) is 1. The zero-order chi connectivity index (χ0) is 93.7. The molecule has 0 saturated carbocycles. The lowest BCUT2D eigenvalue weighted by atomic mass is 9.89. The third-order valence-electron chi connectivity index (χ3n) is 25.7. The number of piperidine rings is 1. The average molecular weight is 2010 g/mol. The molecular weight excluding hydrogens is 1910 g/mol. The van der Waals surface area contributed by atoms with Gasteiger partial charge in [-0.25, -0.2) is 14.0 Å². The maximum absolute atomic E-state index is 15.0. The van der Waals surface area contributed by atoms with E-state index in [1.807, 2.05) is 218 Å². The zero-order valence-corrected chi connectivity index (χ0v) is 82.1. The van der Waals surface area contributed by atoms with Crippen molar-refractivity contribution < 1.29 is 47.5 Å². The van der Waals surface area contributed by atoms with Crippen molar-refractivity contribution in [1.82, 2.24) is 64.8 Å². The van der Waals surface area contributed by atoms with Crippen LogP contribution in [0.5, 0.6) is 0 Å². The van der Waals surface area contributed by atoms with Gasteiger partial charge in [-0.2, -0.15) is 0 Å². The van der Waals surface area contributed by atoms with Crippen LogP contribution in [-0.2, 0) is 53.1 Å². The summed E-state index contributed by atoms with van der Waals surface area (Å²) in [5, 5.41) is 10.8. The summed E-state index contributed by atoms with van der Waals surface area (Å²) in [5.41, 5.74) is 10.8. The van der Waals surface area contributed by atoms with Crippen molar-refractivity contribution in [2.45, 2.75) is 140 Å². The van der Waals surface area contributed by atoms with E-state index < -0.39 is 38.2 Å². The van der Waals surface area contributed by atoms with E-state index in [0.717, 1.165) is 109 Å². The van der Waals surface area contributed by atoms with Crippen molar-refractivity contribution in [2.24, 2.45) is 0 Å². The van der Waals surface area contributed by atoms with Gasteiger partial charge in [0.05, 0.1) is 48.5 Å². The van der Waals surface area contributed by atoms with Crippen LogP contribution in [0.2, 0.25) is 25.1 Å². The molecule has 22 nitrogen and oxygen atoms in total. The number of urea groups is 2. The molecule has 6 saturated heterocycles. The van der Waals surface area contributed by atoms with Crippen LogP contribution in [-0.4, -0.2) is 208 Å². The first-order valence-electron chi connectivity index (χ1n) is 44.4. The summed E-state index contributed by atoms with van der Waals surface area (Å²) in [6.07, 6.45) is 7.46. The molecule has 12 aromatic rings. The SMILES string of the molecule is CCNC(=O)N1CCN(C(=O)[C@]2(Sc3ccc(C)cc3)CC(=O)N(Cc3ccc(Cl)c(F)c3)[C@H]2c2c[nH]c3cc(Cl)ccc23)CC1.CCNC(=O)N1CCN(C(=O)[C@]2(Sc3ccc(C)cc3)CC(=O)N(Cc3ccc(Cl)cc3)[C@H]2c2c[nH]c3cc(Cl)ccc23)CC1.COC1CCN(C(=O)[C@]2(Sc3ccc(C)cc3)CC(=O)N(Cc3ccc(Br)cc3)[C@H]2c2c[nH]c3cc(Cl)ccc23)CC1. The lowest BCUT2D eigenvalue weighted by Gasteiger charge is -2.42. The molecule has 0 unspecified atom stereocenters. The number of hydrogen-bond donors (Lipinski definition) is 5. The number of aryl methyl sites for hydroxylation is 3. The highest BCUT2D eigenvalue weighted by molar-refractivity contribution is 9.10. The highest BCUT2D eigenvalue weighted by Gasteiger charge is 2.63. The minimum Gasteiger partial charge on any atom is -0.381 e. The van der Waals surface area contributed by atoms with E-state index in [9.17, 15) is 33.2 Å². The van der Waals surface area contributed by atoms with Crippen LogP contribution in [0.15, 0.2) is 232 Å². The molecule has 3 aromatic heterocycles. The fourth-order valence-electron chi connectivity index (χ4n) is 19.0. The Morgan fingerprint density at radius 3 is 1.05 bits per heavy atom. The number of nitrogens with one attached hydrogen (secondary N) is 5. The fourth-order valence-corrected chi connectivity index (χ4v) is 24.4. The van der Waals surface area contributed by atoms with Crippen molar-refractivity contribution in [1.29, 1.82) is 0 Å². The first-order chi connectivity index (χ1) is 64.0. The molecule has 6 aliphatic heterocycles. The second-order valence-electron chi connectivity index (χ2n) is 34.5. The summed E-state index contributed by atoms with van der Waals surface area (Å²) in [4.78, 5) is 140. The quantitative estimate of drug-likeness (QED) is 0.0451. The number of amides is 10. The molecule has 0 spiro atoms. The highest BCUT2D eigenvalue weighted by Crippen LogP contribution is 2.59. The van der Waals surface area contributed by atoms with Crippen LogP contribution >= 0.6 is 109 Å². The standard InChI is InChI=1S/C34H34Cl2FN5O3S.C34H35Cl2N5O3S.C33H33BrClN3O3S/c1-3-38-33(45)41-14-12-40(13-15-41)32(44)34(46-24-8-4-21(2)5-9-24)18-30(43)42(20-22-6-11-27(36)28(37)16-22)31(34)26-19-39-29-17-23(35)7-10-25(26)29;1-3-37-33(44)40-16-14-39(15-17-40)32(43)34(45-26-11-4-22(2)5-12-26)19-30(42)41(21-23-6-8-24(35)9-7-23)31(34)28-20-38-29-18-25(36)10-13-27(28)29;1-21-3-10-26(11-4-21)42-33(32(40)37-15-13-25(41-2)14-16-37)18-30(39)38(20-22-5-7-23(34)8-6-22)31(33)28-19-36-29-17-24(35)9-12-27(28)29/h4-11,16-17,19,31,39H,3,12-15,18,20H2,1-2H3,(H,38,45);4-13,18,20,31,38H,3,14-17,19,21H2,1-2H3,(H,37,44);3-12,17,19,25,31,36H,13-16,18,20H2,1-2H3/t2*31-,34-;31-,33-/m000/s1. The fraction of sp³-hybridized carbons (Fsp3) is 0.327. The number of benzene rings is 9. The number of hydrogen-bond acceptors (Lipinski definition) is 12.